The van der Waals surface area contributed by atoms with Crippen molar-refractivity contribution in [1.29, 1.82) is 0 Å². The fourth-order valence-corrected chi connectivity index (χ4v) is 6.10. The van der Waals surface area contributed by atoms with Crippen LogP contribution < -0.4 is 5.32 Å². The predicted octanol–water partition coefficient (Wildman–Crippen LogP) is 2.99. The first-order valence-electron chi connectivity index (χ1n) is 8.39. The highest BCUT2D eigenvalue weighted by Crippen LogP contribution is 2.30. The van der Waals surface area contributed by atoms with Crippen molar-refractivity contribution in [1.82, 2.24) is 4.31 Å². The van der Waals surface area contributed by atoms with Crippen LogP contribution in [0.4, 0.5) is 5.69 Å². The second-order valence-electron chi connectivity index (χ2n) is 6.26. The van der Waals surface area contributed by atoms with Crippen LogP contribution in [0.5, 0.6) is 0 Å². The Balaban J connectivity index is 1.74. The molecule has 0 bridgehead atoms. The number of carbonyl (C=O) groups excluding carboxylic acids is 1. The number of thiophene rings is 1. The molecule has 1 fully saturated rings. The van der Waals surface area contributed by atoms with Gasteiger partial charge < -0.3 is 10.1 Å². The Morgan fingerprint density at radius 1 is 1.27 bits per heavy atom. The van der Waals surface area contributed by atoms with Crippen molar-refractivity contribution in [3.8, 4) is 0 Å². The van der Waals surface area contributed by atoms with Gasteiger partial charge in [-0.1, -0.05) is 12.1 Å². The monoisotopic (exact) mass is 394 g/mol. The second-order valence-corrected chi connectivity index (χ2v) is 9.66. The van der Waals surface area contributed by atoms with Gasteiger partial charge in [0.15, 0.2) is 0 Å². The summed E-state index contributed by atoms with van der Waals surface area (Å²) < 4.78 is 32.4. The fraction of sp³-hybridized carbons (Fsp3) is 0.389. The number of nitrogens with one attached hydrogen (secondary N) is 1. The van der Waals surface area contributed by atoms with Gasteiger partial charge in [-0.15, -0.1) is 11.3 Å². The van der Waals surface area contributed by atoms with E-state index in [1.165, 1.54) is 15.6 Å². The quantitative estimate of drug-likeness (QED) is 0.817. The molecule has 1 amide bonds. The summed E-state index contributed by atoms with van der Waals surface area (Å²) in [5.74, 6) is -0.293. The van der Waals surface area contributed by atoms with Crippen LogP contribution in [0.25, 0.3) is 0 Å². The summed E-state index contributed by atoms with van der Waals surface area (Å²) in [6, 6.07) is 10.0. The highest BCUT2D eigenvalue weighted by molar-refractivity contribution is 7.91. The van der Waals surface area contributed by atoms with Gasteiger partial charge in [0.05, 0.1) is 6.61 Å². The van der Waals surface area contributed by atoms with Gasteiger partial charge in [0, 0.05) is 24.2 Å². The molecule has 3 rings (SSSR count). The molecule has 1 aromatic carbocycles. The lowest BCUT2D eigenvalue weighted by atomic mass is 10.2. The molecule has 0 spiro atoms. The maximum atomic E-state index is 12.9. The van der Waals surface area contributed by atoms with Crippen LogP contribution >= 0.6 is 11.3 Å². The Labute approximate surface area is 157 Å². The van der Waals surface area contributed by atoms with Crippen LogP contribution in [-0.2, 0) is 26.2 Å². The first-order chi connectivity index (χ1) is 12.4. The molecule has 8 heteroatoms. The van der Waals surface area contributed by atoms with E-state index >= 15 is 0 Å². The van der Waals surface area contributed by atoms with Crippen molar-refractivity contribution >= 4 is 33.0 Å². The lowest BCUT2D eigenvalue weighted by molar-refractivity contribution is -0.119. The molecule has 1 N–H and O–H groups in total. The molecule has 0 radical (unpaired) electrons. The number of carbonyl (C=O) groups is 1. The molecule has 1 atom stereocenters. The Morgan fingerprint density at radius 3 is 2.62 bits per heavy atom. The van der Waals surface area contributed by atoms with E-state index in [0.29, 0.717) is 35.9 Å². The maximum absolute atomic E-state index is 12.9. The van der Waals surface area contributed by atoms with Crippen molar-refractivity contribution < 1.29 is 17.9 Å². The molecule has 2 aromatic rings. The topological polar surface area (TPSA) is 75.7 Å². The second kappa shape index (κ2) is 7.87. The molecule has 2 heterocycles. The van der Waals surface area contributed by atoms with Crippen molar-refractivity contribution in [2.45, 2.75) is 36.6 Å². The Hall–Kier alpha value is -1.74. The van der Waals surface area contributed by atoms with E-state index in [0.717, 1.165) is 10.4 Å². The molecular formula is C18H22N2O4S2. The molecule has 140 valence electrons. The van der Waals surface area contributed by atoms with Crippen LogP contribution in [0.1, 0.15) is 23.3 Å². The number of rotatable bonds is 6. The van der Waals surface area contributed by atoms with Gasteiger partial charge >= 0.3 is 0 Å². The molecule has 1 aliphatic rings. The summed E-state index contributed by atoms with van der Waals surface area (Å²) in [6.07, 6.45) is 1.20. The van der Waals surface area contributed by atoms with Gasteiger partial charge in [-0.05, 0) is 49.6 Å². The van der Waals surface area contributed by atoms with E-state index in [9.17, 15) is 13.2 Å². The Morgan fingerprint density at radius 2 is 2.00 bits per heavy atom. The van der Waals surface area contributed by atoms with Crippen molar-refractivity contribution in [2.24, 2.45) is 0 Å². The van der Waals surface area contributed by atoms with E-state index in [1.807, 2.05) is 19.1 Å². The van der Waals surface area contributed by atoms with Gasteiger partial charge in [0.1, 0.15) is 10.3 Å². The van der Waals surface area contributed by atoms with E-state index < -0.39 is 16.1 Å². The number of hydrogen-bond acceptors (Lipinski definition) is 5. The minimum absolute atomic E-state index is 0.290. The number of ether oxygens (including phenoxy) is 1. The zero-order valence-corrected chi connectivity index (χ0v) is 16.4. The van der Waals surface area contributed by atoms with Gasteiger partial charge in [-0.25, -0.2) is 8.42 Å². The van der Waals surface area contributed by atoms with E-state index in [1.54, 1.807) is 31.4 Å². The SMILES string of the molecule is COCc1ccc(NC(=O)C2CCCN2S(=O)(=O)c2ccc(C)s2)cc1. The average molecular weight is 395 g/mol. The third-order valence-electron chi connectivity index (χ3n) is 4.32. The summed E-state index contributed by atoms with van der Waals surface area (Å²) in [7, 11) is -2.02. The van der Waals surface area contributed by atoms with Gasteiger partial charge in [-0.2, -0.15) is 4.31 Å². The number of benzene rings is 1. The molecule has 0 aliphatic carbocycles. The Kier molecular flexibility index (Phi) is 5.76. The molecule has 0 saturated carbocycles. The fourth-order valence-electron chi connectivity index (χ4n) is 3.03. The minimum atomic E-state index is -3.64. The van der Waals surface area contributed by atoms with Crippen LogP contribution in [0.15, 0.2) is 40.6 Å². The third kappa shape index (κ3) is 3.98. The summed E-state index contributed by atoms with van der Waals surface area (Å²) in [5, 5.41) is 2.83. The number of sulfonamides is 1. The van der Waals surface area contributed by atoms with Gasteiger partial charge in [-0.3, -0.25) is 4.79 Å². The molecule has 6 nitrogen and oxygen atoms in total. The first kappa shape index (κ1) is 19.0. The van der Waals surface area contributed by atoms with Crippen LogP contribution in [0.3, 0.4) is 0 Å². The lowest BCUT2D eigenvalue weighted by Crippen LogP contribution is -2.42. The molecule has 1 unspecified atom stereocenters. The molecule has 1 aliphatic heterocycles. The third-order valence-corrected chi connectivity index (χ3v) is 7.69. The number of nitrogens with zero attached hydrogens (tertiary/aromatic N) is 1. The van der Waals surface area contributed by atoms with E-state index in [2.05, 4.69) is 5.32 Å². The number of anilines is 1. The highest BCUT2D eigenvalue weighted by Gasteiger charge is 2.40. The lowest BCUT2D eigenvalue weighted by Gasteiger charge is -2.22. The summed E-state index contributed by atoms with van der Waals surface area (Å²) in [4.78, 5) is 13.6. The molecule has 1 aromatic heterocycles. The first-order valence-corrected chi connectivity index (χ1v) is 10.6. The molecule has 1 saturated heterocycles. The van der Waals surface area contributed by atoms with Gasteiger partial charge in [0.2, 0.25) is 5.91 Å². The highest BCUT2D eigenvalue weighted by atomic mass is 32.2. The molecule has 26 heavy (non-hydrogen) atoms. The van der Waals surface area contributed by atoms with Crippen LogP contribution in [-0.4, -0.2) is 38.3 Å². The van der Waals surface area contributed by atoms with Crippen molar-refractivity contribution in [3.63, 3.8) is 0 Å². The minimum Gasteiger partial charge on any atom is -0.380 e. The normalized spacial score (nSPS) is 18.2. The van der Waals surface area contributed by atoms with Crippen molar-refractivity contribution in [2.75, 3.05) is 19.0 Å². The summed E-state index contributed by atoms with van der Waals surface area (Å²) >= 11 is 1.23. The summed E-state index contributed by atoms with van der Waals surface area (Å²) in [6.45, 7) is 2.73. The number of hydrogen-bond donors (Lipinski definition) is 1. The van der Waals surface area contributed by atoms with Gasteiger partial charge in [0.25, 0.3) is 10.0 Å². The largest absolute Gasteiger partial charge is 0.380 e. The van der Waals surface area contributed by atoms with E-state index in [4.69, 9.17) is 4.74 Å². The zero-order valence-electron chi connectivity index (χ0n) is 14.8. The number of aryl methyl sites for hydroxylation is 1. The van der Waals surface area contributed by atoms with E-state index in [-0.39, 0.29) is 5.91 Å². The predicted molar refractivity (Wildman–Crippen MR) is 102 cm³/mol. The smallest absolute Gasteiger partial charge is 0.253 e. The van der Waals surface area contributed by atoms with Crippen LogP contribution in [0.2, 0.25) is 0 Å². The number of methoxy groups -OCH3 is 1. The summed E-state index contributed by atoms with van der Waals surface area (Å²) in [5.41, 5.74) is 1.65. The standard InChI is InChI=1S/C18H22N2O4S2/c1-13-5-10-17(25-13)26(22,23)20-11-3-4-16(20)18(21)19-15-8-6-14(7-9-15)12-24-2/h5-10,16H,3-4,11-12H2,1-2H3,(H,19,21). The zero-order chi connectivity index (χ0) is 18.7. The Bertz CT molecular complexity index is 875. The van der Waals surface area contributed by atoms with Crippen LogP contribution in [0, 0.1) is 6.92 Å². The number of amides is 1. The maximum Gasteiger partial charge on any atom is 0.253 e. The molecular weight excluding hydrogens is 372 g/mol. The average Bonchev–Trinajstić information content (AvgIpc) is 3.26. The van der Waals surface area contributed by atoms with Crippen molar-refractivity contribution in [3.05, 3.63) is 46.8 Å².